The van der Waals surface area contributed by atoms with Crippen LogP contribution in [0.5, 0.6) is 0 Å². The summed E-state index contributed by atoms with van der Waals surface area (Å²) in [6.45, 7) is 0. The Labute approximate surface area is 124 Å². The Morgan fingerprint density at radius 2 is 1.86 bits per heavy atom. The lowest BCUT2D eigenvalue weighted by Gasteiger charge is -2.28. The monoisotopic (exact) mass is 287 g/mol. The van der Waals surface area contributed by atoms with Gasteiger partial charge in [0.2, 0.25) is 11.8 Å². The van der Waals surface area contributed by atoms with Gasteiger partial charge in [-0.2, -0.15) is 0 Å². The van der Waals surface area contributed by atoms with Gasteiger partial charge in [0, 0.05) is 6.04 Å². The highest BCUT2D eigenvalue weighted by molar-refractivity contribution is 6.04. The smallest absolute Gasteiger partial charge is 0.247 e. The fourth-order valence-electron chi connectivity index (χ4n) is 3.05. The summed E-state index contributed by atoms with van der Waals surface area (Å²) in [5.74, 6) is -0.193. The number of hydrogen-bond acceptors (Lipinski definition) is 3. The van der Waals surface area contributed by atoms with Crippen molar-refractivity contribution < 1.29 is 9.59 Å². The molecule has 1 aromatic carbocycles. The van der Waals surface area contributed by atoms with Crippen LogP contribution in [0.2, 0.25) is 0 Å². The number of benzene rings is 1. The number of amides is 2. The number of hydrogen-bond donors (Lipinski definition) is 3. The Bertz CT molecular complexity index is 538. The molecule has 1 heterocycles. The van der Waals surface area contributed by atoms with E-state index in [1.165, 1.54) is 19.3 Å². The van der Waals surface area contributed by atoms with Gasteiger partial charge in [0.1, 0.15) is 6.04 Å². The Balaban J connectivity index is 1.57. The molecule has 1 aliphatic heterocycles. The lowest BCUT2D eigenvalue weighted by atomic mass is 9.95. The second-order valence-corrected chi connectivity index (χ2v) is 5.84. The van der Waals surface area contributed by atoms with Gasteiger partial charge in [-0.1, -0.05) is 31.4 Å². The second kappa shape index (κ2) is 6.16. The van der Waals surface area contributed by atoms with Gasteiger partial charge in [-0.05, 0) is 25.0 Å². The van der Waals surface area contributed by atoms with Crippen molar-refractivity contribution in [2.24, 2.45) is 0 Å². The Morgan fingerprint density at radius 3 is 2.62 bits per heavy atom. The molecule has 2 amide bonds. The van der Waals surface area contributed by atoms with Gasteiger partial charge in [-0.15, -0.1) is 0 Å². The van der Waals surface area contributed by atoms with E-state index in [1.54, 1.807) is 0 Å². The summed E-state index contributed by atoms with van der Waals surface area (Å²) in [7, 11) is 0. The maximum absolute atomic E-state index is 12.1. The van der Waals surface area contributed by atoms with Gasteiger partial charge in [0.05, 0.1) is 17.8 Å². The quantitative estimate of drug-likeness (QED) is 0.798. The normalized spacial score (nSPS) is 21.9. The molecule has 21 heavy (non-hydrogen) atoms. The number of carbonyl (C=O) groups is 2. The van der Waals surface area contributed by atoms with Crippen LogP contribution in [0.4, 0.5) is 11.4 Å². The number of rotatable bonds is 3. The SMILES string of the molecule is O=C(C[C@H]1Nc2ccccc2NC1=O)NC1CCCCC1. The van der Waals surface area contributed by atoms with Crippen LogP contribution in [0.25, 0.3) is 0 Å². The van der Waals surface area contributed by atoms with Crippen LogP contribution in [-0.4, -0.2) is 23.9 Å². The van der Waals surface area contributed by atoms with E-state index in [1.807, 2.05) is 24.3 Å². The fourth-order valence-corrected chi connectivity index (χ4v) is 3.05. The van der Waals surface area contributed by atoms with E-state index >= 15 is 0 Å². The molecule has 0 radical (unpaired) electrons. The first kappa shape index (κ1) is 13.9. The average Bonchev–Trinajstić information content (AvgIpc) is 2.49. The number of fused-ring (bicyclic) bond motifs is 1. The number of nitrogens with one attached hydrogen (secondary N) is 3. The summed E-state index contributed by atoms with van der Waals surface area (Å²) in [5, 5.41) is 9.03. The van der Waals surface area contributed by atoms with Crippen LogP contribution >= 0.6 is 0 Å². The summed E-state index contributed by atoms with van der Waals surface area (Å²) in [5.41, 5.74) is 1.64. The van der Waals surface area contributed by atoms with Gasteiger partial charge < -0.3 is 16.0 Å². The summed E-state index contributed by atoms with van der Waals surface area (Å²) in [6.07, 6.45) is 5.91. The molecule has 0 spiro atoms. The third kappa shape index (κ3) is 3.35. The zero-order valence-corrected chi connectivity index (χ0v) is 12.0. The minimum Gasteiger partial charge on any atom is -0.372 e. The molecule has 5 nitrogen and oxygen atoms in total. The van der Waals surface area contributed by atoms with Crippen LogP contribution in [0.3, 0.4) is 0 Å². The average molecular weight is 287 g/mol. The standard InChI is InChI=1S/C16H21N3O2/c20-15(17-11-6-2-1-3-7-11)10-14-16(21)19-13-9-5-4-8-12(13)18-14/h4-5,8-9,11,14,18H,1-3,6-7,10H2,(H,17,20)(H,19,21)/t14-/m1/s1. The molecular formula is C16H21N3O2. The maximum atomic E-state index is 12.1. The van der Waals surface area contributed by atoms with E-state index in [2.05, 4.69) is 16.0 Å². The number of carbonyl (C=O) groups excluding carboxylic acids is 2. The third-order valence-corrected chi connectivity index (χ3v) is 4.19. The first-order valence-corrected chi connectivity index (χ1v) is 7.68. The molecule has 0 bridgehead atoms. The predicted molar refractivity (Wildman–Crippen MR) is 82.1 cm³/mol. The van der Waals surface area contributed by atoms with Crippen molar-refractivity contribution in [3.05, 3.63) is 24.3 Å². The fraction of sp³-hybridized carbons (Fsp3) is 0.500. The number of para-hydroxylation sites is 2. The molecule has 1 saturated carbocycles. The van der Waals surface area contributed by atoms with Crippen LogP contribution in [0.1, 0.15) is 38.5 Å². The van der Waals surface area contributed by atoms with Gasteiger partial charge >= 0.3 is 0 Å². The largest absolute Gasteiger partial charge is 0.372 e. The molecule has 1 fully saturated rings. The van der Waals surface area contributed by atoms with Crippen molar-refractivity contribution in [2.45, 2.75) is 50.6 Å². The molecule has 112 valence electrons. The molecule has 0 saturated heterocycles. The highest BCUT2D eigenvalue weighted by Crippen LogP contribution is 2.26. The van der Waals surface area contributed by atoms with E-state index in [-0.39, 0.29) is 24.3 Å². The van der Waals surface area contributed by atoms with E-state index in [0.29, 0.717) is 0 Å². The van der Waals surface area contributed by atoms with Crippen molar-refractivity contribution in [3.63, 3.8) is 0 Å². The Hall–Kier alpha value is -2.04. The van der Waals surface area contributed by atoms with Crippen molar-refractivity contribution in [1.82, 2.24) is 5.32 Å². The summed E-state index contributed by atoms with van der Waals surface area (Å²) in [4.78, 5) is 24.1. The lowest BCUT2D eigenvalue weighted by Crippen LogP contribution is -2.44. The first-order valence-electron chi connectivity index (χ1n) is 7.68. The Kier molecular flexibility index (Phi) is 4.08. The van der Waals surface area contributed by atoms with Crippen LogP contribution in [-0.2, 0) is 9.59 Å². The van der Waals surface area contributed by atoms with Gasteiger partial charge in [-0.3, -0.25) is 9.59 Å². The molecule has 3 rings (SSSR count). The Morgan fingerprint density at radius 1 is 1.14 bits per heavy atom. The van der Waals surface area contributed by atoms with Crippen LogP contribution < -0.4 is 16.0 Å². The lowest BCUT2D eigenvalue weighted by molar-refractivity contribution is -0.125. The van der Waals surface area contributed by atoms with E-state index in [4.69, 9.17) is 0 Å². The predicted octanol–water partition coefficient (Wildman–Crippen LogP) is 2.26. The molecule has 1 aliphatic carbocycles. The first-order chi connectivity index (χ1) is 10.2. The molecule has 0 unspecified atom stereocenters. The summed E-state index contributed by atoms with van der Waals surface area (Å²) in [6, 6.07) is 7.31. The third-order valence-electron chi connectivity index (χ3n) is 4.19. The summed E-state index contributed by atoms with van der Waals surface area (Å²) >= 11 is 0. The van der Waals surface area contributed by atoms with Crippen molar-refractivity contribution in [3.8, 4) is 0 Å². The molecular weight excluding hydrogens is 266 g/mol. The van der Waals surface area contributed by atoms with E-state index < -0.39 is 6.04 Å². The topological polar surface area (TPSA) is 70.2 Å². The van der Waals surface area contributed by atoms with Crippen molar-refractivity contribution in [2.75, 3.05) is 10.6 Å². The molecule has 2 aliphatic rings. The molecule has 0 aromatic heterocycles. The molecule has 1 atom stereocenters. The molecule has 1 aromatic rings. The highest BCUT2D eigenvalue weighted by atomic mass is 16.2. The maximum Gasteiger partial charge on any atom is 0.247 e. The van der Waals surface area contributed by atoms with Crippen LogP contribution in [0, 0.1) is 0 Å². The van der Waals surface area contributed by atoms with Crippen LogP contribution in [0.15, 0.2) is 24.3 Å². The highest BCUT2D eigenvalue weighted by Gasteiger charge is 2.28. The number of anilines is 2. The minimum absolute atomic E-state index is 0.0473. The van der Waals surface area contributed by atoms with Gasteiger partial charge in [0.25, 0.3) is 0 Å². The van der Waals surface area contributed by atoms with E-state index in [0.717, 1.165) is 24.2 Å². The molecule has 3 N–H and O–H groups in total. The zero-order valence-electron chi connectivity index (χ0n) is 12.0. The van der Waals surface area contributed by atoms with Crippen molar-refractivity contribution >= 4 is 23.2 Å². The zero-order chi connectivity index (χ0) is 14.7. The van der Waals surface area contributed by atoms with Gasteiger partial charge in [0.15, 0.2) is 0 Å². The van der Waals surface area contributed by atoms with Crippen molar-refractivity contribution in [1.29, 1.82) is 0 Å². The van der Waals surface area contributed by atoms with E-state index in [9.17, 15) is 9.59 Å². The summed E-state index contributed by atoms with van der Waals surface area (Å²) < 4.78 is 0. The molecule has 5 heteroatoms. The second-order valence-electron chi connectivity index (χ2n) is 5.84. The minimum atomic E-state index is -0.497. The van der Waals surface area contributed by atoms with Gasteiger partial charge in [-0.25, -0.2) is 0 Å².